The molecule has 0 saturated heterocycles. The Hall–Kier alpha value is -2.65. The molecule has 0 radical (unpaired) electrons. The van der Waals surface area contributed by atoms with Crippen LogP contribution in [0.4, 0.5) is 18.3 Å². The van der Waals surface area contributed by atoms with E-state index >= 15 is 0 Å². The Kier molecular flexibility index (Phi) is 6.71. The maximum atomic E-state index is 12.3. The first-order valence-corrected chi connectivity index (χ1v) is 10.3. The van der Waals surface area contributed by atoms with E-state index in [1.807, 2.05) is 29.6 Å². The zero-order valence-corrected chi connectivity index (χ0v) is 17.0. The molecule has 152 valence electrons. The fraction of sp³-hybridized carbons (Fsp3) is 0.200. The van der Waals surface area contributed by atoms with Crippen molar-refractivity contribution in [3.8, 4) is 17.0 Å². The van der Waals surface area contributed by atoms with E-state index in [1.165, 1.54) is 28.7 Å². The Morgan fingerprint density at radius 1 is 1.21 bits per heavy atom. The van der Waals surface area contributed by atoms with Gasteiger partial charge in [0.25, 0.3) is 0 Å². The van der Waals surface area contributed by atoms with Crippen LogP contribution in [-0.4, -0.2) is 24.2 Å². The Bertz CT molecular complexity index is 992. The third-order valence-corrected chi connectivity index (χ3v) is 5.59. The first-order valence-electron chi connectivity index (χ1n) is 8.55. The molecule has 0 aliphatic rings. The van der Waals surface area contributed by atoms with E-state index in [0.29, 0.717) is 10.7 Å². The van der Waals surface area contributed by atoms with Crippen LogP contribution in [0.3, 0.4) is 0 Å². The number of hydrogen-bond donors (Lipinski definition) is 1. The van der Waals surface area contributed by atoms with Crippen LogP contribution in [0.1, 0.15) is 16.9 Å². The van der Waals surface area contributed by atoms with Crippen molar-refractivity contribution >= 4 is 39.8 Å². The highest BCUT2D eigenvalue weighted by atomic mass is 32.1. The van der Waals surface area contributed by atoms with Crippen LogP contribution < -0.4 is 10.1 Å². The van der Waals surface area contributed by atoms with E-state index in [0.717, 1.165) is 21.9 Å². The zero-order valence-electron chi connectivity index (χ0n) is 15.3. The molecule has 29 heavy (non-hydrogen) atoms. The molecule has 0 saturated carbocycles. The summed E-state index contributed by atoms with van der Waals surface area (Å²) < 4.78 is 42.0. The number of aryl methyl sites for hydroxylation is 1. The summed E-state index contributed by atoms with van der Waals surface area (Å²) in [5, 5.41) is 6.66. The minimum Gasteiger partial charge on any atom is -0.497 e. The predicted molar refractivity (Wildman–Crippen MR) is 110 cm³/mol. The number of methoxy groups -OCH3 is 1. The van der Waals surface area contributed by atoms with Gasteiger partial charge in [-0.3, -0.25) is 10.1 Å². The smallest absolute Gasteiger partial charge is 0.389 e. The number of rotatable bonds is 7. The lowest BCUT2D eigenvalue weighted by atomic mass is 10.2. The second-order valence-corrected chi connectivity index (χ2v) is 7.86. The number of aromatic nitrogens is 1. The van der Waals surface area contributed by atoms with Crippen molar-refractivity contribution in [2.75, 3.05) is 12.4 Å². The highest BCUT2D eigenvalue weighted by Gasteiger charge is 2.26. The Morgan fingerprint density at radius 2 is 1.97 bits per heavy atom. The summed E-state index contributed by atoms with van der Waals surface area (Å²) in [5.41, 5.74) is 2.25. The second-order valence-electron chi connectivity index (χ2n) is 6.06. The lowest BCUT2D eigenvalue weighted by molar-refractivity contribution is -0.134. The van der Waals surface area contributed by atoms with Crippen molar-refractivity contribution in [3.63, 3.8) is 0 Å². The molecule has 4 nitrogen and oxygen atoms in total. The number of carbonyl (C=O) groups excluding carboxylic acids is 1. The number of nitrogens with one attached hydrogen (secondary N) is 1. The summed E-state index contributed by atoms with van der Waals surface area (Å²) in [5.74, 6) is 0.392. The van der Waals surface area contributed by atoms with Crippen LogP contribution in [0.2, 0.25) is 0 Å². The summed E-state index contributed by atoms with van der Waals surface area (Å²) in [4.78, 5) is 17.2. The predicted octanol–water partition coefficient (Wildman–Crippen LogP) is 6.03. The molecule has 0 aliphatic carbocycles. The van der Waals surface area contributed by atoms with Gasteiger partial charge in [-0.2, -0.15) is 13.2 Å². The summed E-state index contributed by atoms with van der Waals surface area (Å²) in [6.07, 6.45) is -2.17. The minimum atomic E-state index is -4.17. The number of alkyl halides is 3. The van der Waals surface area contributed by atoms with Crippen molar-refractivity contribution in [1.82, 2.24) is 4.98 Å². The van der Waals surface area contributed by atoms with Crippen molar-refractivity contribution < 1.29 is 22.7 Å². The van der Waals surface area contributed by atoms with Gasteiger partial charge in [0.05, 0.1) is 12.8 Å². The summed E-state index contributed by atoms with van der Waals surface area (Å²) in [6, 6.07) is 9.09. The number of thiazole rings is 1. The van der Waals surface area contributed by atoms with Crippen molar-refractivity contribution in [2.45, 2.75) is 19.0 Å². The van der Waals surface area contributed by atoms with Crippen LogP contribution in [0.5, 0.6) is 5.75 Å². The topological polar surface area (TPSA) is 51.2 Å². The van der Waals surface area contributed by atoms with Crippen molar-refractivity contribution in [1.29, 1.82) is 0 Å². The molecule has 1 N–H and O–H groups in total. The van der Waals surface area contributed by atoms with Crippen LogP contribution >= 0.6 is 22.7 Å². The van der Waals surface area contributed by atoms with E-state index in [4.69, 9.17) is 4.74 Å². The van der Waals surface area contributed by atoms with E-state index in [9.17, 15) is 18.0 Å². The van der Waals surface area contributed by atoms with Gasteiger partial charge in [0, 0.05) is 28.3 Å². The van der Waals surface area contributed by atoms with Gasteiger partial charge in [-0.15, -0.1) is 22.7 Å². The zero-order chi connectivity index (χ0) is 20.9. The third-order valence-electron chi connectivity index (χ3n) is 3.89. The Morgan fingerprint density at radius 3 is 2.66 bits per heavy atom. The Labute approximate surface area is 173 Å². The number of amides is 1. The number of anilines is 1. The van der Waals surface area contributed by atoms with Crippen LogP contribution in [0.15, 0.2) is 47.2 Å². The van der Waals surface area contributed by atoms with Gasteiger partial charge in [0.15, 0.2) is 5.13 Å². The summed E-state index contributed by atoms with van der Waals surface area (Å²) in [7, 11) is 1.60. The molecule has 1 amide bonds. The average Bonchev–Trinajstić information content (AvgIpc) is 3.34. The summed E-state index contributed by atoms with van der Waals surface area (Å²) >= 11 is 2.60. The van der Waals surface area contributed by atoms with Crippen LogP contribution in [-0.2, 0) is 11.2 Å². The number of nitrogens with zero attached hydrogens (tertiary/aromatic N) is 1. The van der Waals surface area contributed by atoms with Gasteiger partial charge >= 0.3 is 6.18 Å². The number of ether oxygens (including phenoxy) is 1. The molecule has 0 aliphatic heterocycles. The highest BCUT2D eigenvalue weighted by molar-refractivity contribution is 7.14. The van der Waals surface area contributed by atoms with Crippen LogP contribution in [0, 0.1) is 0 Å². The van der Waals surface area contributed by atoms with Crippen LogP contribution in [0.25, 0.3) is 17.3 Å². The number of thiophene rings is 1. The van der Waals surface area contributed by atoms with Crippen molar-refractivity contribution in [3.05, 3.63) is 57.6 Å². The molecule has 2 aromatic heterocycles. The maximum Gasteiger partial charge on any atom is 0.389 e. The molecule has 3 rings (SSSR count). The number of halogens is 3. The summed E-state index contributed by atoms with van der Waals surface area (Å²) in [6.45, 7) is 0. The number of hydrogen-bond acceptors (Lipinski definition) is 5. The standard InChI is InChI=1S/C20H17F3N2O2S2/c1-27-15-4-2-14(3-5-15)17-12-29-19(24-17)25-18(26)7-6-16-10-13(11-28-16)8-9-20(21,22)23/h2-7,10-12H,8-9H2,1H3,(H,24,25,26). The van der Waals surface area contributed by atoms with Gasteiger partial charge in [-0.25, -0.2) is 4.98 Å². The average molecular weight is 438 g/mol. The lowest BCUT2D eigenvalue weighted by Gasteiger charge is -2.03. The largest absolute Gasteiger partial charge is 0.497 e. The monoisotopic (exact) mass is 438 g/mol. The second kappa shape index (κ2) is 9.23. The van der Waals surface area contributed by atoms with Gasteiger partial charge < -0.3 is 4.74 Å². The number of carbonyl (C=O) groups is 1. The molecular weight excluding hydrogens is 421 g/mol. The maximum absolute atomic E-state index is 12.3. The van der Waals surface area contributed by atoms with E-state index in [2.05, 4.69) is 10.3 Å². The molecule has 0 atom stereocenters. The lowest BCUT2D eigenvalue weighted by Crippen LogP contribution is -2.08. The van der Waals surface area contributed by atoms with Gasteiger partial charge in [0.1, 0.15) is 5.75 Å². The molecule has 3 aromatic rings. The normalized spacial score (nSPS) is 11.7. The van der Waals surface area contributed by atoms with Gasteiger partial charge in [0.2, 0.25) is 5.91 Å². The van der Waals surface area contributed by atoms with Crippen molar-refractivity contribution in [2.24, 2.45) is 0 Å². The quantitative estimate of drug-likeness (QED) is 0.459. The minimum absolute atomic E-state index is 0.0622. The SMILES string of the molecule is COc1ccc(-c2csc(NC(=O)C=Cc3cc(CCC(F)(F)F)cs3)n2)cc1. The molecule has 0 fully saturated rings. The molecule has 0 unspecified atom stereocenters. The van der Waals surface area contributed by atoms with E-state index in [1.54, 1.807) is 24.6 Å². The van der Waals surface area contributed by atoms with Gasteiger partial charge in [-0.05, 0) is 53.8 Å². The Balaban J connectivity index is 1.55. The molecule has 0 bridgehead atoms. The van der Waals surface area contributed by atoms with E-state index in [-0.39, 0.29) is 12.3 Å². The van der Waals surface area contributed by atoms with E-state index < -0.39 is 12.6 Å². The molecule has 0 spiro atoms. The molecule has 1 aromatic carbocycles. The first-order chi connectivity index (χ1) is 13.8. The highest BCUT2D eigenvalue weighted by Crippen LogP contribution is 2.27. The fourth-order valence-electron chi connectivity index (χ4n) is 2.43. The number of benzene rings is 1. The first kappa shape index (κ1) is 21.1. The third kappa shape index (κ3) is 6.43. The van der Waals surface area contributed by atoms with Gasteiger partial charge in [-0.1, -0.05) is 0 Å². The molecular formula is C20H17F3N2O2S2. The fourth-order valence-corrected chi connectivity index (χ4v) is 3.99. The molecule has 2 heterocycles. The molecule has 9 heteroatoms.